The van der Waals surface area contributed by atoms with Crippen molar-refractivity contribution in [2.75, 3.05) is 17.7 Å². The topological polar surface area (TPSA) is 142 Å². The number of β-lactam (4-membered cyclic amide) rings is 1. The lowest BCUT2D eigenvalue weighted by Gasteiger charge is -2.49. The van der Waals surface area contributed by atoms with E-state index in [9.17, 15) is 19.5 Å². The molecule has 2 aliphatic heterocycles. The molecule has 12 nitrogen and oxygen atoms in total. The van der Waals surface area contributed by atoms with Crippen molar-refractivity contribution in [1.29, 1.82) is 0 Å². The minimum atomic E-state index is -1.21. The van der Waals surface area contributed by atoms with Crippen LogP contribution in [0.4, 0.5) is 5.13 Å². The van der Waals surface area contributed by atoms with Gasteiger partial charge in [0.2, 0.25) is 11.2 Å². The Morgan fingerprint density at radius 2 is 1.65 bits per heavy atom. The number of allylic oxidation sites excluding steroid dienone is 1. The average molecular weight is 817 g/mol. The molecular weight excluding hydrogens is 779 g/mol. The summed E-state index contributed by atoms with van der Waals surface area (Å²) in [5.74, 6) is -2.05. The third-order valence-electron chi connectivity index (χ3n) is 9.87. The van der Waals surface area contributed by atoms with E-state index in [1.807, 2.05) is 91.7 Å². The predicted octanol–water partition coefficient (Wildman–Crippen LogP) is 6.19. The van der Waals surface area contributed by atoms with Crippen molar-refractivity contribution in [3.05, 3.63) is 159 Å². The summed E-state index contributed by atoms with van der Waals surface area (Å²) in [6.07, 6.45) is 7.67. The van der Waals surface area contributed by atoms with Crippen LogP contribution in [0.15, 0.2) is 131 Å². The average Bonchev–Trinajstić information content (AvgIpc) is 3.93. The summed E-state index contributed by atoms with van der Waals surface area (Å²) in [6, 6.07) is 29.3. The summed E-state index contributed by atoms with van der Waals surface area (Å²) in [4.78, 5) is 53.8. The smallest absolute Gasteiger partial charge is 0.352 e. The number of carboxylic acid groups (broad SMARTS) is 1. The van der Waals surface area contributed by atoms with Gasteiger partial charge in [0.15, 0.2) is 10.8 Å². The van der Waals surface area contributed by atoms with E-state index in [0.29, 0.717) is 16.5 Å². The molecule has 0 saturated carbocycles. The van der Waals surface area contributed by atoms with Gasteiger partial charge in [0, 0.05) is 11.1 Å². The molecule has 2 aliphatic rings. The van der Waals surface area contributed by atoms with Gasteiger partial charge < -0.3 is 20.6 Å². The Labute approximate surface area is 340 Å². The Morgan fingerprint density at radius 3 is 2.23 bits per heavy atom. The van der Waals surface area contributed by atoms with E-state index < -0.39 is 34.7 Å². The second-order valence-corrected chi connectivity index (χ2v) is 16.4. The number of hydrogen-bond donors (Lipinski definition) is 3. The minimum absolute atomic E-state index is 0.0880. The third-order valence-corrected chi connectivity index (χ3v) is 13.1. The van der Waals surface area contributed by atoms with Crippen molar-refractivity contribution in [2.24, 2.45) is 12.2 Å². The van der Waals surface area contributed by atoms with Gasteiger partial charge >= 0.3 is 5.97 Å². The fraction of sp³-hybridized carbons (Fsp3) is 0.190. The number of nitrogens with zero attached hydrogens (tertiary/aromatic N) is 5. The van der Waals surface area contributed by atoms with Crippen molar-refractivity contribution in [3.8, 4) is 0 Å². The minimum Gasteiger partial charge on any atom is -0.477 e. The van der Waals surface area contributed by atoms with Crippen molar-refractivity contribution >= 4 is 74.0 Å². The van der Waals surface area contributed by atoms with Gasteiger partial charge in [0.25, 0.3) is 11.8 Å². The summed E-state index contributed by atoms with van der Waals surface area (Å²) < 4.78 is 4.06. The number of thiazole rings is 2. The number of oxime groups is 1. The van der Waals surface area contributed by atoms with Gasteiger partial charge in [-0.05, 0) is 42.2 Å². The zero-order chi connectivity index (χ0) is 39.7. The third kappa shape index (κ3) is 7.02. The Hall–Kier alpha value is -6.03. The molecule has 0 aliphatic carbocycles. The van der Waals surface area contributed by atoms with Crippen LogP contribution in [-0.4, -0.2) is 66.7 Å². The van der Waals surface area contributed by atoms with Crippen molar-refractivity contribution < 1.29 is 28.9 Å². The number of imidazole rings is 1. The number of aryl methyl sites for hydroxylation is 2. The van der Waals surface area contributed by atoms with E-state index in [4.69, 9.17) is 9.82 Å². The Morgan fingerprint density at radius 1 is 1.02 bits per heavy atom. The first-order valence-electron chi connectivity index (χ1n) is 18.2. The lowest BCUT2D eigenvalue weighted by atomic mass is 9.77. The molecule has 57 heavy (non-hydrogen) atoms. The lowest BCUT2D eigenvalue weighted by Crippen LogP contribution is -2.71. The van der Waals surface area contributed by atoms with Crippen molar-refractivity contribution in [2.45, 2.75) is 30.8 Å². The monoisotopic (exact) mass is 816 g/mol. The largest absolute Gasteiger partial charge is 0.477 e. The quantitative estimate of drug-likeness (QED) is 0.0413. The SMILES string of the molecule is CCON=C(C(=O)N[C@@H]1C(=O)N2C(C(=O)O)=C(C=Cc3sc4c[n+](C)cn4c3C)CS[C@H]12)c1csc(NC(c2ccccc2)(c2ccccc2)c2ccccc2)n1. The molecule has 3 aromatic carbocycles. The van der Waals surface area contributed by atoms with Gasteiger partial charge in [0.1, 0.15) is 46.8 Å². The van der Waals surface area contributed by atoms with E-state index in [-0.39, 0.29) is 23.7 Å². The van der Waals surface area contributed by atoms with Crippen LogP contribution in [-0.2, 0) is 31.8 Å². The van der Waals surface area contributed by atoms with Crippen LogP contribution in [0, 0.1) is 6.92 Å². The molecule has 0 spiro atoms. The van der Waals surface area contributed by atoms with E-state index in [1.54, 1.807) is 29.7 Å². The summed E-state index contributed by atoms with van der Waals surface area (Å²) in [6.45, 7) is 3.95. The Kier molecular flexibility index (Phi) is 10.5. The number of aliphatic carboxylic acids is 1. The summed E-state index contributed by atoms with van der Waals surface area (Å²) >= 11 is 4.29. The molecule has 2 atom stereocenters. The molecule has 2 amide bonds. The van der Waals surface area contributed by atoms with Crippen LogP contribution >= 0.6 is 34.4 Å². The van der Waals surface area contributed by atoms with Gasteiger partial charge in [-0.25, -0.2) is 14.3 Å². The highest BCUT2D eigenvalue weighted by atomic mass is 32.2. The van der Waals surface area contributed by atoms with Crippen LogP contribution in [0.5, 0.6) is 0 Å². The maximum atomic E-state index is 14.0. The van der Waals surface area contributed by atoms with Crippen molar-refractivity contribution in [3.63, 3.8) is 0 Å². The molecule has 8 rings (SSSR count). The van der Waals surface area contributed by atoms with Gasteiger partial charge in [0.05, 0.1) is 11.9 Å². The van der Waals surface area contributed by atoms with E-state index in [1.165, 1.54) is 28.0 Å². The number of aromatic nitrogens is 3. The molecule has 15 heteroatoms. The number of benzene rings is 3. The molecule has 1 saturated heterocycles. The Bertz CT molecular complexity index is 2470. The van der Waals surface area contributed by atoms with Crippen LogP contribution in [0.25, 0.3) is 10.9 Å². The molecular formula is C42H38N7O5S3+. The molecule has 1 fully saturated rings. The normalized spacial score (nSPS) is 17.1. The number of fused-ring (bicyclic) bond motifs is 2. The molecule has 288 valence electrons. The molecule has 0 bridgehead atoms. The Balaban J connectivity index is 1.05. The second-order valence-electron chi connectivity index (χ2n) is 13.4. The number of carbonyl (C=O) groups is 3. The highest BCUT2D eigenvalue weighted by Crippen LogP contribution is 2.42. The second kappa shape index (κ2) is 15.8. The van der Waals surface area contributed by atoms with E-state index in [0.717, 1.165) is 32.1 Å². The summed E-state index contributed by atoms with van der Waals surface area (Å²) in [5, 5.41) is 22.6. The van der Waals surface area contributed by atoms with Gasteiger partial charge in [-0.1, -0.05) is 114 Å². The molecule has 3 N–H and O–H groups in total. The number of carbonyl (C=O) groups excluding carboxylic acids is 2. The molecule has 5 heterocycles. The first-order chi connectivity index (χ1) is 27.7. The fourth-order valence-corrected chi connectivity index (χ4v) is 10.3. The maximum Gasteiger partial charge on any atom is 0.352 e. The highest BCUT2D eigenvalue weighted by Gasteiger charge is 2.54. The van der Waals surface area contributed by atoms with Crippen molar-refractivity contribution in [1.82, 2.24) is 19.6 Å². The van der Waals surface area contributed by atoms with Gasteiger partial charge in [-0.3, -0.25) is 14.5 Å². The summed E-state index contributed by atoms with van der Waals surface area (Å²) in [7, 11) is 1.96. The number of hydrogen-bond acceptors (Lipinski definition) is 10. The van der Waals surface area contributed by atoms with E-state index >= 15 is 0 Å². The maximum absolute atomic E-state index is 14.0. The number of carboxylic acids is 1. The van der Waals surface area contributed by atoms with Gasteiger partial charge in [-0.2, -0.15) is 4.40 Å². The van der Waals surface area contributed by atoms with Crippen LogP contribution < -0.4 is 15.2 Å². The first-order valence-corrected chi connectivity index (χ1v) is 20.9. The number of anilines is 1. The first kappa shape index (κ1) is 37.9. The number of rotatable bonds is 13. The highest BCUT2D eigenvalue weighted by molar-refractivity contribution is 8.00. The standard InChI is InChI=1S/C42H37N7O5S3/c1-4-54-46-34(31-24-56-41(43-31)45-42(28-14-8-5-9-15-28,29-16-10-6-11-17-29)30-18-12-7-13-19-30)37(50)44-35-38(51)49-36(40(52)53)27(23-55-39(35)49)20-21-32-26(2)48-25-47(3)22-33(48)57-32/h5-22,24-25,35,39H,4,23H2,1-3H3,(H2-,43,44,45,50,52,53)/p+1/t35-,39-/m1/s1. The predicted molar refractivity (Wildman–Crippen MR) is 223 cm³/mol. The van der Waals surface area contributed by atoms with Crippen LogP contribution in [0.2, 0.25) is 0 Å². The molecule has 6 aromatic rings. The lowest BCUT2D eigenvalue weighted by molar-refractivity contribution is -0.670. The van der Waals surface area contributed by atoms with Crippen LogP contribution in [0.3, 0.4) is 0 Å². The van der Waals surface area contributed by atoms with Gasteiger partial charge in [-0.15, -0.1) is 23.1 Å². The zero-order valence-corrected chi connectivity index (χ0v) is 33.6. The van der Waals surface area contributed by atoms with E-state index in [2.05, 4.69) is 56.6 Å². The summed E-state index contributed by atoms with van der Waals surface area (Å²) in [5.41, 5.74) is 3.72. The molecule has 3 aromatic heterocycles. The fourth-order valence-electron chi connectivity index (χ4n) is 7.17. The molecule has 0 unspecified atom stereocenters. The van der Waals surface area contributed by atoms with Crippen LogP contribution in [0.1, 0.15) is 39.9 Å². The number of nitrogens with one attached hydrogen (secondary N) is 2. The molecule has 0 radical (unpaired) electrons. The number of amides is 2. The zero-order valence-electron chi connectivity index (χ0n) is 31.2. The number of thioether (sulfide) groups is 1.